The third-order valence-electron chi connectivity index (χ3n) is 16.8. The highest BCUT2D eigenvalue weighted by molar-refractivity contribution is 5.66. The maximum absolute atomic E-state index is 12.6. The van der Waals surface area contributed by atoms with E-state index in [2.05, 4.69) is 76.0 Å². The largest absolute Gasteiger partial charge is 0.457 e. The Morgan fingerprint density at radius 2 is 1.71 bits per heavy atom. The molecule has 8 aliphatic rings. The molecule has 5 saturated carbocycles. The molecule has 288 valence electrons. The predicted octanol–water partition coefficient (Wildman–Crippen LogP) is 7.11. The molecule has 14 unspecified atom stereocenters. The molecule has 8 nitrogen and oxygen atoms in total. The predicted molar refractivity (Wildman–Crippen MR) is 200 cm³/mol. The molecule has 2 N–H and O–H groups in total. The number of carbonyl (C=O) groups is 1. The van der Waals surface area contributed by atoms with E-state index in [-0.39, 0.29) is 52.0 Å². The molecule has 6 aliphatic carbocycles. The quantitative estimate of drug-likeness (QED) is 0.281. The molecule has 52 heavy (non-hydrogen) atoms. The number of fused-ring (bicyclic) bond motifs is 4. The summed E-state index contributed by atoms with van der Waals surface area (Å²) in [5.74, 6) is 1.06. The second-order valence-electron chi connectivity index (χ2n) is 19.8. The zero-order chi connectivity index (χ0) is 37.1. The van der Waals surface area contributed by atoms with E-state index in [0.29, 0.717) is 30.3 Å². The van der Waals surface area contributed by atoms with Crippen molar-refractivity contribution >= 4 is 5.97 Å². The Kier molecular flexibility index (Phi) is 8.91. The first-order valence-corrected chi connectivity index (χ1v) is 20.5. The van der Waals surface area contributed by atoms with Crippen LogP contribution in [0.15, 0.2) is 48.2 Å². The molecule has 2 aliphatic heterocycles. The van der Waals surface area contributed by atoms with Gasteiger partial charge in [-0.2, -0.15) is 0 Å². The summed E-state index contributed by atoms with van der Waals surface area (Å²) in [4.78, 5) is 14.5. The fourth-order valence-electron chi connectivity index (χ4n) is 14.5. The molecule has 2 saturated heterocycles. The maximum atomic E-state index is 12.6. The van der Waals surface area contributed by atoms with Crippen LogP contribution in [0.5, 0.6) is 0 Å². The summed E-state index contributed by atoms with van der Waals surface area (Å²) in [6.07, 6.45) is 21.2. The van der Waals surface area contributed by atoms with Crippen molar-refractivity contribution in [3.05, 3.63) is 48.2 Å². The van der Waals surface area contributed by atoms with Crippen LogP contribution in [-0.4, -0.2) is 83.2 Å². The Morgan fingerprint density at radius 3 is 2.46 bits per heavy atom. The summed E-state index contributed by atoms with van der Waals surface area (Å²) in [5.41, 5.74) is 0.143. The van der Waals surface area contributed by atoms with E-state index >= 15 is 0 Å². The molecule has 14 atom stereocenters. The monoisotopic (exact) mass is 719 g/mol. The summed E-state index contributed by atoms with van der Waals surface area (Å²) in [6.45, 7) is 19.1. The van der Waals surface area contributed by atoms with Gasteiger partial charge in [0.05, 0.1) is 43.2 Å². The van der Waals surface area contributed by atoms with Gasteiger partial charge in [-0.25, -0.2) is 0 Å². The van der Waals surface area contributed by atoms with E-state index in [1.165, 1.54) is 31.9 Å². The first-order valence-electron chi connectivity index (χ1n) is 20.5. The molecule has 0 aromatic heterocycles. The number of hydrogen-bond donors (Lipinski definition) is 2. The number of rotatable bonds is 6. The SMILES string of the molecule is CC(=O)OC(C1CC(C)C2C(O1)C(O)C1(C)C3CCC4C(C)(C)C(OC5CN(C6=CC=CC=CC=C6)CCO5)CCC45CC35CCC21C)C(C)(C)O. The highest BCUT2D eigenvalue weighted by Gasteiger charge is 2.84. The van der Waals surface area contributed by atoms with Crippen molar-refractivity contribution in [1.29, 1.82) is 0 Å². The Morgan fingerprint density at radius 1 is 1.00 bits per heavy atom. The number of aliphatic hydroxyl groups is 2. The molecule has 7 fully saturated rings. The molecule has 0 aromatic rings. The van der Waals surface area contributed by atoms with Gasteiger partial charge in [0.25, 0.3) is 0 Å². The number of morpholine rings is 1. The lowest BCUT2D eigenvalue weighted by Gasteiger charge is -2.64. The molecule has 0 amide bonds. The van der Waals surface area contributed by atoms with Gasteiger partial charge < -0.3 is 34.1 Å². The molecule has 8 rings (SSSR count). The lowest BCUT2D eigenvalue weighted by molar-refractivity contribution is -0.246. The van der Waals surface area contributed by atoms with Gasteiger partial charge in [0.15, 0.2) is 12.4 Å². The van der Waals surface area contributed by atoms with Crippen molar-refractivity contribution in [3.8, 4) is 0 Å². The van der Waals surface area contributed by atoms with Gasteiger partial charge in [-0.1, -0.05) is 65.0 Å². The molecular weight excluding hydrogens is 654 g/mol. The lowest BCUT2D eigenvalue weighted by atomic mass is 9.41. The van der Waals surface area contributed by atoms with Gasteiger partial charge in [0, 0.05) is 24.6 Å². The number of allylic oxidation sites excluding steroid dienone is 7. The van der Waals surface area contributed by atoms with Crippen LogP contribution < -0.4 is 0 Å². The Balaban J connectivity index is 1.01. The van der Waals surface area contributed by atoms with Gasteiger partial charge in [-0.15, -0.1) is 0 Å². The highest BCUT2D eigenvalue weighted by atomic mass is 16.7. The fourth-order valence-corrected chi connectivity index (χ4v) is 14.5. The Hall–Kier alpha value is -1.97. The molecule has 0 aromatic carbocycles. The van der Waals surface area contributed by atoms with E-state index < -0.39 is 29.9 Å². The summed E-state index contributed by atoms with van der Waals surface area (Å²) in [6, 6.07) is 0. The van der Waals surface area contributed by atoms with E-state index in [1.54, 1.807) is 13.8 Å². The third kappa shape index (κ3) is 5.27. The molecule has 2 spiro atoms. The van der Waals surface area contributed by atoms with Gasteiger partial charge >= 0.3 is 5.97 Å². The average Bonchev–Trinajstić information content (AvgIpc) is 3.69. The fraction of sp³-hybridized carbons (Fsp3) is 0.795. The van der Waals surface area contributed by atoms with Gasteiger partial charge in [-0.3, -0.25) is 4.79 Å². The summed E-state index contributed by atoms with van der Waals surface area (Å²) >= 11 is 0. The number of carbonyl (C=O) groups excluding carboxylic acids is 1. The minimum absolute atomic E-state index is 0.0168. The number of aliphatic hydroxyl groups excluding tert-OH is 1. The summed E-state index contributed by atoms with van der Waals surface area (Å²) in [7, 11) is 0. The van der Waals surface area contributed by atoms with E-state index in [0.717, 1.165) is 38.8 Å². The highest BCUT2D eigenvalue weighted by Crippen LogP contribution is 2.89. The topological polar surface area (TPSA) is 97.7 Å². The van der Waals surface area contributed by atoms with Crippen LogP contribution in [0.25, 0.3) is 0 Å². The van der Waals surface area contributed by atoms with Crippen molar-refractivity contribution in [1.82, 2.24) is 4.90 Å². The van der Waals surface area contributed by atoms with Crippen LogP contribution in [0.3, 0.4) is 0 Å². The normalized spacial score (nSPS) is 48.2. The molecule has 0 bridgehead atoms. The van der Waals surface area contributed by atoms with Crippen LogP contribution >= 0.6 is 0 Å². The minimum atomic E-state index is -1.26. The van der Waals surface area contributed by atoms with Gasteiger partial charge in [0.2, 0.25) is 0 Å². The number of esters is 1. The Labute approximate surface area is 312 Å². The van der Waals surface area contributed by atoms with Crippen LogP contribution in [0.4, 0.5) is 0 Å². The van der Waals surface area contributed by atoms with E-state index in [1.807, 2.05) is 6.08 Å². The van der Waals surface area contributed by atoms with Crippen LogP contribution in [0.2, 0.25) is 0 Å². The van der Waals surface area contributed by atoms with Crippen LogP contribution in [0, 0.1) is 50.7 Å². The molecule has 2 heterocycles. The third-order valence-corrected chi connectivity index (χ3v) is 16.8. The number of ether oxygens (including phenoxy) is 4. The van der Waals surface area contributed by atoms with Crippen molar-refractivity contribution in [2.24, 2.45) is 50.7 Å². The zero-order valence-electron chi connectivity index (χ0n) is 33.0. The standard InChI is InChI=1S/C44H65NO7/c1-27-24-30(38(40(5,6)48)50-28(2)46)51-36-35(27)41(7)20-21-44-26-43(44)19-18-33(39(3,4)31(43)16-17-32(44)42(41,8)37(36)47)52-34-25-45(22-23-49-34)29-14-12-10-9-11-13-15-29/h9-15,27,30-38,47-48H,16-26H2,1-8H3. The van der Waals surface area contributed by atoms with Crippen molar-refractivity contribution in [3.63, 3.8) is 0 Å². The molecule has 8 heteroatoms. The number of hydrogen-bond acceptors (Lipinski definition) is 8. The summed E-state index contributed by atoms with van der Waals surface area (Å²) in [5, 5.41) is 23.7. The molecular formula is C44H65NO7. The van der Waals surface area contributed by atoms with E-state index in [9.17, 15) is 15.0 Å². The van der Waals surface area contributed by atoms with Gasteiger partial charge in [0.1, 0.15) is 0 Å². The first-order chi connectivity index (χ1) is 24.5. The van der Waals surface area contributed by atoms with Crippen LogP contribution in [0.1, 0.15) is 107 Å². The average molecular weight is 720 g/mol. The van der Waals surface area contributed by atoms with Gasteiger partial charge in [-0.05, 0) is 123 Å². The minimum Gasteiger partial charge on any atom is -0.457 e. The molecule has 0 radical (unpaired) electrons. The summed E-state index contributed by atoms with van der Waals surface area (Å²) < 4.78 is 25.9. The Bertz CT molecular complexity index is 1540. The van der Waals surface area contributed by atoms with Crippen molar-refractivity contribution < 1.29 is 34.0 Å². The lowest BCUT2D eigenvalue weighted by Crippen LogP contribution is -2.60. The first kappa shape index (κ1) is 37.0. The maximum Gasteiger partial charge on any atom is 0.303 e. The second kappa shape index (κ2) is 12.5. The van der Waals surface area contributed by atoms with Crippen molar-refractivity contribution in [2.75, 3.05) is 19.7 Å². The zero-order valence-corrected chi connectivity index (χ0v) is 33.0. The second-order valence-corrected chi connectivity index (χ2v) is 19.8. The smallest absolute Gasteiger partial charge is 0.303 e. The number of nitrogens with zero attached hydrogens (tertiary/aromatic N) is 1. The van der Waals surface area contributed by atoms with Crippen LogP contribution in [-0.2, 0) is 23.7 Å². The van der Waals surface area contributed by atoms with E-state index in [4.69, 9.17) is 18.9 Å². The van der Waals surface area contributed by atoms with Crippen molar-refractivity contribution in [2.45, 2.75) is 149 Å².